The predicted octanol–water partition coefficient (Wildman–Crippen LogP) is 5.42. The van der Waals surface area contributed by atoms with Crippen LogP contribution in [0.3, 0.4) is 0 Å². The van der Waals surface area contributed by atoms with Crippen molar-refractivity contribution in [2.24, 2.45) is 4.99 Å². The van der Waals surface area contributed by atoms with Gasteiger partial charge >= 0.3 is 0 Å². The molecule has 0 saturated carbocycles. The number of benzene rings is 3. The quantitative estimate of drug-likeness (QED) is 0.372. The summed E-state index contributed by atoms with van der Waals surface area (Å²) in [5, 5.41) is 2.49. The molecule has 0 aliphatic rings. The normalized spacial score (nSPS) is 12.8. The van der Waals surface area contributed by atoms with Gasteiger partial charge in [0.15, 0.2) is 0 Å². The van der Waals surface area contributed by atoms with E-state index in [4.69, 9.17) is 0 Å². The Balaban J connectivity index is 1.38. The van der Waals surface area contributed by atoms with Crippen LogP contribution < -0.4 is 10.4 Å². The molecule has 0 aliphatic heterocycles. The highest BCUT2D eigenvalue weighted by molar-refractivity contribution is 5.90. The summed E-state index contributed by atoms with van der Waals surface area (Å²) in [4.78, 5) is 4.54. The Hall–Kier alpha value is -2.93. The number of nitrogens with zero attached hydrogens (tertiary/aromatic N) is 1. The van der Waals surface area contributed by atoms with Crippen LogP contribution in [0.15, 0.2) is 83.9 Å². The Morgan fingerprint density at radius 1 is 0.679 bits per heavy atom. The molecule has 0 spiro atoms. The minimum atomic E-state index is 0.904. The van der Waals surface area contributed by atoms with Gasteiger partial charge in [0.25, 0.3) is 0 Å². The van der Waals surface area contributed by atoms with Crippen molar-refractivity contribution in [1.29, 1.82) is 0 Å². The standard InChI is InChI=1S/C27H29N/c1-2-24-12-8-9-15-26(24)20-22-28-21-10-4-5-11-23-16-18-27(19-17-23)25-13-6-3-7-14-25/h2-3,6-9,12-20,22H,4-5,10-11,21H2,1H3/b24-2-,26-20-,28-22?. The summed E-state index contributed by atoms with van der Waals surface area (Å²) in [7, 11) is 0. The maximum absolute atomic E-state index is 4.54. The van der Waals surface area contributed by atoms with Gasteiger partial charge in [-0.25, -0.2) is 0 Å². The van der Waals surface area contributed by atoms with Crippen LogP contribution in [0.2, 0.25) is 0 Å². The molecule has 3 aromatic carbocycles. The van der Waals surface area contributed by atoms with Crippen molar-refractivity contribution in [2.45, 2.75) is 32.6 Å². The minimum absolute atomic E-state index is 0.904. The molecular weight excluding hydrogens is 338 g/mol. The van der Waals surface area contributed by atoms with Crippen LogP contribution in [0, 0.1) is 0 Å². The highest BCUT2D eigenvalue weighted by Crippen LogP contribution is 2.19. The third kappa shape index (κ3) is 6.06. The lowest BCUT2D eigenvalue weighted by Gasteiger charge is -2.04. The van der Waals surface area contributed by atoms with E-state index in [1.54, 1.807) is 0 Å². The third-order valence-electron chi connectivity index (χ3n) is 4.98. The van der Waals surface area contributed by atoms with Gasteiger partial charge in [-0.15, -0.1) is 0 Å². The molecule has 0 aromatic heterocycles. The molecule has 0 bridgehead atoms. The van der Waals surface area contributed by atoms with Crippen LogP contribution >= 0.6 is 0 Å². The second-order valence-electron chi connectivity index (χ2n) is 7.01. The Morgan fingerprint density at radius 2 is 1.36 bits per heavy atom. The fourth-order valence-corrected chi connectivity index (χ4v) is 3.34. The van der Waals surface area contributed by atoms with E-state index >= 15 is 0 Å². The van der Waals surface area contributed by atoms with Gasteiger partial charge in [0.1, 0.15) is 0 Å². The van der Waals surface area contributed by atoms with Gasteiger partial charge in [-0.2, -0.15) is 0 Å². The summed E-state index contributed by atoms with van der Waals surface area (Å²) < 4.78 is 0. The zero-order valence-corrected chi connectivity index (χ0v) is 16.7. The van der Waals surface area contributed by atoms with Crippen LogP contribution in [-0.4, -0.2) is 12.8 Å². The maximum atomic E-state index is 4.54. The highest BCUT2D eigenvalue weighted by Gasteiger charge is 1.98. The molecule has 0 amide bonds. The van der Waals surface area contributed by atoms with E-state index in [0.717, 1.165) is 19.4 Å². The predicted molar refractivity (Wildman–Crippen MR) is 123 cm³/mol. The van der Waals surface area contributed by atoms with Crippen molar-refractivity contribution >= 4 is 18.4 Å². The Labute approximate surface area is 168 Å². The lowest BCUT2D eigenvalue weighted by Crippen LogP contribution is -2.23. The molecule has 0 radical (unpaired) electrons. The molecule has 3 aromatic rings. The van der Waals surface area contributed by atoms with Gasteiger partial charge in [-0.05, 0) is 59.4 Å². The fourth-order valence-electron chi connectivity index (χ4n) is 3.34. The monoisotopic (exact) mass is 367 g/mol. The van der Waals surface area contributed by atoms with Crippen molar-refractivity contribution in [3.8, 4) is 11.1 Å². The van der Waals surface area contributed by atoms with E-state index in [-0.39, 0.29) is 0 Å². The van der Waals surface area contributed by atoms with Crippen LogP contribution in [0.1, 0.15) is 31.7 Å². The van der Waals surface area contributed by atoms with Crippen molar-refractivity contribution in [3.63, 3.8) is 0 Å². The summed E-state index contributed by atoms with van der Waals surface area (Å²) in [6.45, 7) is 2.97. The average molecular weight is 368 g/mol. The number of aliphatic imine (C=N–C) groups is 1. The molecular formula is C27H29N. The minimum Gasteiger partial charge on any atom is -0.293 e. The smallest absolute Gasteiger partial charge is 0.0389 e. The number of hydrogen-bond acceptors (Lipinski definition) is 1. The van der Waals surface area contributed by atoms with Gasteiger partial charge in [-0.3, -0.25) is 4.99 Å². The summed E-state index contributed by atoms with van der Waals surface area (Å²) in [5.74, 6) is 0. The third-order valence-corrected chi connectivity index (χ3v) is 4.98. The maximum Gasteiger partial charge on any atom is 0.0389 e. The van der Waals surface area contributed by atoms with Crippen molar-refractivity contribution < 1.29 is 0 Å². The van der Waals surface area contributed by atoms with Crippen molar-refractivity contribution in [2.75, 3.05) is 6.54 Å². The number of unbranched alkanes of at least 4 members (excludes halogenated alkanes) is 2. The topological polar surface area (TPSA) is 12.4 Å². The molecule has 0 fully saturated rings. The van der Waals surface area contributed by atoms with E-state index in [0.29, 0.717) is 0 Å². The Morgan fingerprint density at radius 3 is 2.11 bits per heavy atom. The van der Waals surface area contributed by atoms with E-state index in [1.165, 1.54) is 40.0 Å². The lowest BCUT2D eigenvalue weighted by atomic mass is 10.0. The molecule has 0 aliphatic carbocycles. The van der Waals surface area contributed by atoms with Gasteiger partial charge in [0, 0.05) is 12.8 Å². The van der Waals surface area contributed by atoms with Crippen LogP contribution in [-0.2, 0) is 6.42 Å². The van der Waals surface area contributed by atoms with Gasteiger partial charge in [0.2, 0.25) is 0 Å². The van der Waals surface area contributed by atoms with Crippen molar-refractivity contribution in [3.05, 3.63) is 94.9 Å². The SMILES string of the molecule is C/C=c1/cccc/c1=C/C=NCCCCCc1ccc(-c2ccccc2)cc1. The molecule has 0 saturated heterocycles. The molecule has 3 rings (SSSR count). The lowest BCUT2D eigenvalue weighted by molar-refractivity contribution is 0.688. The van der Waals surface area contributed by atoms with Crippen LogP contribution in [0.5, 0.6) is 0 Å². The van der Waals surface area contributed by atoms with E-state index in [9.17, 15) is 0 Å². The number of rotatable bonds is 8. The fraction of sp³-hybridized carbons (Fsp3) is 0.222. The number of aryl methyl sites for hydroxylation is 1. The second-order valence-corrected chi connectivity index (χ2v) is 7.01. The largest absolute Gasteiger partial charge is 0.293 e. The molecule has 142 valence electrons. The van der Waals surface area contributed by atoms with Crippen molar-refractivity contribution in [1.82, 2.24) is 0 Å². The highest BCUT2D eigenvalue weighted by atomic mass is 14.7. The molecule has 0 heterocycles. The molecule has 0 unspecified atom stereocenters. The van der Waals surface area contributed by atoms with E-state index in [2.05, 4.69) is 103 Å². The first-order valence-electron chi connectivity index (χ1n) is 10.2. The van der Waals surface area contributed by atoms with Gasteiger partial charge < -0.3 is 0 Å². The molecule has 28 heavy (non-hydrogen) atoms. The first-order chi connectivity index (χ1) is 13.9. The Bertz CT molecular complexity index is 982. The molecule has 0 atom stereocenters. The first-order valence-corrected chi connectivity index (χ1v) is 10.2. The second kappa shape index (κ2) is 11.0. The summed E-state index contributed by atoms with van der Waals surface area (Å²) in [5.41, 5.74) is 3.99. The first kappa shape index (κ1) is 19.8. The van der Waals surface area contributed by atoms with Crippen LogP contribution in [0.25, 0.3) is 23.3 Å². The zero-order valence-electron chi connectivity index (χ0n) is 16.7. The van der Waals surface area contributed by atoms with E-state index < -0.39 is 0 Å². The summed E-state index contributed by atoms with van der Waals surface area (Å²) in [6, 6.07) is 27.9. The number of hydrogen-bond donors (Lipinski definition) is 0. The van der Waals surface area contributed by atoms with E-state index in [1.807, 2.05) is 6.21 Å². The van der Waals surface area contributed by atoms with Gasteiger partial charge in [0.05, 0.1) is 0 Å². The molecule has 1 nitrogen and oxygen atoms in total. The summed E-state index contributed by atoms with van der Waals surface area (Å²) in [6.07, 6.45) is 10.9. The Kier molecular flexibility index (Phi) is 7.81. The molecule has 0 N–H and O–H groups in total. The zero-order chi connectivity index (χ0) is 19.4. The summed E-state index contributed by atoms with van der Waals surface area (Å²) >= 11 is 0. The average Bonchev–Trinajstić information content (AvgIpc) is 2.77. The van der Waals surface area contributed by atoms with Gasteiger partial charge in [-0.1, -0.05) is 91.4 Å². The van der Waals surface area contributed by atoms with Crippen LogP contribution in [0.4, 0.5) is 0 Å². The molecule has 1 heteroatoms.